The molecule has 1 amide bonds. The Hall–Kier alpha value is -1.48. The van der Waals surface area contributed by atoms with Crippen LogP contribution in [0.5, 0.6) is 0 Å². The monoisotopic (exact) mass is 367 g/mol. The normalized spacial score (nSPS) is 23.6. The predicted octanol–water partition coefficient (Wildman–Crippen LogP) is 0.287. The highest BCUT2D eigenvalue weighted by atomic mass is 32.2. The van der Waals surface area contributed by atoms with E-state index in [1.165, 1.54) is 0 Å². The molecule has 138 valence electrons. The van der Waals surface area contributed by atoms with Gasteiger partial charge in [0, 0.05) is 32.2 Å². The summed E-state index contributed by atoms with van der Waals surface area (Å²) in [5, 5.41) is 0. The molecule has 0 saturated carbocycles. The molecular weight excluding hydrogens is 342 g/mol. The second-order valence-corrected chi connectivity index (χ2v) is 8.37. The summed E-state index contributed by atoms with van der Waals surface area (Å²) in [7, 11) is -1.53. The van der Waals surface area contributed by atoms with Crippen LogP contribution in [0.3, 0.4) is 0 Å². The molecule has 1 N–H and O–H groups in total. The number of nitrogens with zero attached hydrogens (tertiary/aromatic N) is 2. The van der Waals surface area contributed by atoms with Gasteiger partial charge in [0.25, 0.3) is 5.91 Å². The number of rotatable bonds is 4. The van der Waals surface area contributed by atoms with Gasteiger partial charge in [-0.25, -0.2) is 13.1 Å². The highest BCUT2D eigenvalue weighted by Crippen LogP contribution is 2.17. The van der Waals surface area contributed by atoms with Crippen LogP contribution in [0.1, 0.15) is 12.8 Å². The van der Waals surface area contributed by atoms with Gasteiger partial charge >= 0.3 is 0 Å². The van der Waals surface area contributed by atoms with Gasteiger partial charge in [0.15, 0.2) is 0 Å². The van der Waals surface area contributed by atoms with Gasteiger partial charge in [-0.1, -0.05) is 18.2 Å². The predicted molar refractivity (Wildman–Crippen MR) is 93.6 cm³/mol. The van der Waals surface area contributed by atoms with Gasteiger partial charge < -0.3 is 14.5 Å². The van der Waals surface area contributed by atoms with E-state index in [0.29, 0.717) is 39.1 Å². The number of benzene rings is 1. The number of carbonyl (C=O) groups is 1. The Bertz CT molecular complexity index is 687. The minimum atomic E-state index is -3.51. The molecule has 1 atom stereocenters. The molecular formula is C17H25N3O4S. The van der Waals surface area contributed by atoms with Gasteiger partial charge in [-0.3, -0.25) is 4.79 Å². The van der Waals surface area contributed by atoms with E-state index in [2.05, 4.69) is 9.62 Å². The lowest BCUT2D eigenvalue weighted by atomic mass is 10.1. The molecule has 8 heteroatoms. The Kier molecular flexibility index (Phi) is 5.73. The molecule has 0 aliphatic carbocycles. The van der Waals surface area contributed by atoms with Crippen molar-refractivity contribution in [2.24, 2.45) is 0 Å². The molecule has 7 nitrogen and oxygen atoms in total. The van der Waals surface area contributed by atoms with E-state index in [-0.39, 0.29) is 16.8 Å². The summed E-state index contributed by atoms with van der Waals surface area (Å²) < 4.78 is 33.1. The highest BCUT2D eigenvalue weighted by Gasteiger charge is 2.32. The van der Waals surface area contributed by atoms with E-state index in [0.717, 1.165) is 6.54 Å². The van der Waals surface area contributed by atoms with E-state index in [1.54, 1.807) is 35.2 Å². The van der Waals surface area contributed by atoms with Crippen LogP contribution in [0.2, 0.25) is 0 Å². The SMILES string of the molecule is CN1CCO[C@@H](C(=O)N2CCC(NS(=O)(=O)c3ccccc3)CC2)C1. The van der Waals surface area contributed by atoms with E-state index in [9.17, 15) is 13.2 Å². The summed E-state index contributed by atoms with van der Waals surface area (Å²) in [6.45, 7) is 3.11. The average molecular weight is 367 g/mol. The van der Waals surface area contributed by atoms with E-state index in [4.69, 9.17) is 4.74 Å². The van der Waals surface area contributed by atoms with Crippen molar-refractivity contribution in [2.75, 3.05) is 39.8 Å². The second kappa shape index (κ2) is 7.82. The zero-order chi connectivity index (χ0) is 17.9. The van der Waals surface area contributed by atoms with Crippen molar-refractivity contribution in [2.45, 2.75) is 29.9 Å². The molecule has 0 unspecified atom stereocenters. The fraction of sp³-hybridized carbons (Fsp3) is 0.588. The van der Waals surface area contributed by atoms with Crippen LogP contribution >= 0.6 is 0 Å². The highest BCUT2D eigenvalue weighted by molar-refractivity contribution is 7.89. The van der Waals surface area contributed by atoms with Gasteiger partial charge in [-0.05, 0) is 32.0 Å². The summed E-state index contributed by atoms with van der Waals surface area (Å²) in [4.78, 5) is 16.7. The number of carbonyl (C=O) groups excluding carboxylic acids is 1. The first-order valence-corrected chi connectivity index (χ1v) is 10.1. The van der Waals surface area contributed by atoms with Crippen molar-refractivity contribution in [3.8, 4) is 0 Å². The number of nitrogens with one attached hydrogen (secondary N) is 1. The zero-order valence-electron chi connectivity index (χ0n) is 14.4. The second-order valence-electron chi connectivity index (χ2n) is 6.66. The molecule has 0 aromatic heterocycles. The molecule has 2 saturated heterocycles. The molecule has 0 bridgehead atoms. The van der Waals surface area contributed by atoms with Crippen molar-refractivity contribution in [1.29, 1.82) is 0 Å². The van der Waals surface area contributed by atoms with E-state index >= 15 is 0 Å². The maximum Gasteiger partial charge on any atom is 0.253 e. The topological polar surface area (TPSA) is 79.0 Å². The number of hydrogen-bond donors (Lipinski definition) is 1. The molecule has 1 aromatic carbocycles. The third kappa shape index (κ3) is 4.58. The minimum Gasteiger partial charge on any atom is -0.366 e. The van der Waals surface area contributed by atoms with Gasteiger partial charge in [0.1, 0.15) is 6.10 Å². The van der Waals surface area contributed by atoms with Crippen molar-refractivity contribution in [3.63, 3.8) is 0 Å². The van der Waals surface area contributed by atoms with Crippen LogP contribution in [0, 0.1) is 0 Å². The number of likely N-dealkylation sites (N-methyl/N-ethyl adjacent to an activating group) is 1. The summed E-state index contributed by atoms with van der Waals surface area (Å²) in [5.41, 5.74) is 0. The largest absolute Gasteiger partial charge is 0.366 e. The number of amides is 1. The Morgan fingerprint density at radius 3 is 2.48 bits per heavy atom. The van der Waals surface area contributed by atoms with Crippen LogP contribution in [-0.2, 0) is 19.6 Å². The van der Waals surface area contributed by atoms with Crippen LogP contribution < -0.4 is 4.72 Å². The van der Waals surface area contributed by atoms with E-state index in [1.807, 2.05) is 7.05 Å². The van der Waals surface area contributed by atoms with E-state index < -0.39 is 16.1 Å². The van der Waals surface area contributed by atoms with Gasteiger partial charge in [-0.15, -0.1) is 0 Å². The number of sulfonamides is 1. The maximum atomic E-state index is 12.5. The van der Waals surface area contributed by atoms with Crippen LogP contribution in [0.15, 0.2) is 35.2 Å². The third-order valence-electron chi connectivity index (χ3n) is 4.73. The van der Waals surface area contributed by atoms with Crippen molar-refractivity contribution in [3.05, 3.63) is 30.3 Å². The van der Waals surface area contributed by atoms with Crippen LogP contribution in [0.4, 0.5) is 0 Å². The van der Waals surface area contributed by atoms with Crippen molar-refractivity contribution in [1.82, 2.24) is 14.5 Å². The van der Waals surface area contributed by atoms with Gasteiger partial charge in [0.05, 0.1) is 11.5 Å². The standard InChI is InChI=1S/C17H25N3O4S/c1-19-11-12-24-16(13-19)17(21)20-9-7-14(8-10-20)18-25(22,23)15-5-3-2-4-6-15/h2-6,14,16,18H,7-13H2,1H3/t16-/m1/s1. The molecule has 25 heavy (non-hydrogen) atoms. The summed E-state index contributed by atoms with van der Waals surface area (Å²) in [6, 6.07) is 8.21. The molecule has 2 heterocycles. The van der Waals surface area contributed by atoms with Crippen molar-refractivity contribution < 1.29 is 17.9 Å². The number of morpholine rings is 1. The molecule has 3 rings (SSSR count). The minimum absolute atomic E-state index is 0.0101. The first-order chi connectivity index (χ1) is 12.0. The zero-order valence-corrected chi connectivity index (χ0v) is 15.2. The Morgan fingerprint density at radius 1 is 1.16 bits per heavy atom. The number of hydrogen-bond acceptors (Lipinski definition) is 5. The third-order valence-corrected chi connectivity index (χ3v) is 6.26. The molecule has 0 spiro atoms. The summed E-state index contributed by atoms with van der Waals surface area (Å²) in [5.74, 6) is 0.0101. The average Bonchev–Trinajstić information content (AvgIpc) is 2.62. The lowest BCUT2D eigenvalue weighted by molar-refractivity contribution is -0.149. The van der Waals surface area contributed by atoms with Gasteiger partial charge in [-0.2, -0.15) is 0 Å². The van der Waals surface area contributed by atoms with Crippen molar-refractivity contribution >= 4 is 15.9 Å². The molecule has 0 radical (unpaired) electrons. The first kappa shape index (κ1) is 18.3. The Labute approximate surface area is 149 Å². The first-order valence-electron chi connectivity index (χ1n) is 8.62. The fourth-order valence-corrected chi connectivity index (χ4v) is 4.56. The van der Waals surface area contributed by atoms with Crippen LogP contribution in [0.25, 0.3) is 0 Å². The van der Waals surface area contributed by atoms with Gasteiger partial charge in [0.2, 0.25) is 10.0 Å². The summed E-state index contributed by atoms with van der Waals surface area (Å²) >= 11 is 0. The quantitative estimate of drug-likeness (QED) is 0.827. The number of likely N-dealkylation sites (tertiary alicyclic amines) is 1. The fourth-order valence-electron chi connectivity index (χ4n) is 3.24. The molecule has 2 aliphatic rings. The molecule has 2 fully saturated rings. The molecule has 1 aromatic rings. The lowest BCUT2D eigenvalue weighted by Crippen LogP contribution is -2.53. The molecule has 2 aliphatic heterocycles. The Morgan fingerprint density at radius 2 is 1.84 bits per heavy atom. The lowest BCUT2D eigenvalue weighted by Gasteiger charge is -2.36. The summed E-state index contributed by atoms with van der Waals surface area (Å²) in [6.07, 6.45) is 0.817. The Balaban J connectivity index is 1.53. The van der Waals surface area contributed by atoms with Crippen LogP contribution in [-0.4, -0.2) is 76.1 Å². The number of piperidine rings is 1. The maximum absolute atomic E-state index is 12.5. The number of ether oxygens (including phenoxy) is 1. The smallest absolute Gasteiger partial charge is 0.253 e.